The van der Waals surface area contributed by atoms with Crippen LogP contribution in [0.3, 0.4) is 0 Å². The summed E-state index contributed by atoms with van der Waals surface area (Å²) in [6.07, 6.45) is 2.92. The van der Waals surface area contributed by atoms with E-state index >= 15 is 0 Å². The van der Waals surface area contributed by atoms with Crippen LogP contribution in [0.4, 0.5) is 0 Å². The highest BCUT2D eigenvalue weighted by Crippen LogP contribution is 2.34. The molecular weight excluding hydrogens is 326 g/mol. The second kappa shape index (κ2) is 5.87. The van der Waals surface area contributed by atoms with Crippen molar-refractivity contribution >= 4 is 28.3 Å². The van der Waals surface area contributed by atoms with Gasteiger partial charge in [-0.2, -0.15) is 0 Å². The summed E-state index contributed by atoms with van der Waals surface area (Å²) in [5, 5.41) is 1.53. The van der Waals surface area contributed by atoms with Crippen molar-refractivity contribution in [1.29, 1.82) is 0 Å². The number of aromatic amines is 1. The lowest BCUT2D eigenvalue weighted by Crippen LogP contribution is -2.04. The van der Waals surface area contributed by atoms with Gasteiger partial charge >= 0.3 is 0 Å². The van der Waals surface area contributed by atoms with Gasteiger partial charge in [-0.1, -0.05) is 17.7 Å². The average molecular weight is 342 g/mol. The van der Waals surface area contributed by atoms with Gasteiger partial charge in [-0.05, 0) is 24.3 Å². The number of hydrogen-bond acceptors (Lipinski definition) is 3. The Kier molecular flexibility index (Phi) is 3.69. The monoisotopic (exact) mass is 341 g/mol. The van der Waals surface area contributed by atoms with Crippen molar-refractivity contribution in [3.8, 4) is 11.5 Å². The summed E-state index contributed by atoms with van der Waals surface area (Å²) >= 11 is 5.98. The molecule has 0 saturated carbocycles. The second-order valence-corrected chi connectivity index (χ2v) is 6.26. The first-order valence-corrected chi connectivity index (χ1v) is 8.16. The number of hydrogen-bond donors (Lipinski definition) is 1. The Morgan fingerprint density at radius 3 is 3.04 bits per heavy atom. The van der Waals surface area contributed by atoms with Crippen LogP contribution in [0, 0.1) is 0 Å². The Bertz CT molecular complexity index is 945. The van der Waals surface area contributed by atoms with Crippen LogP contribution in [0.1, 0.15) is 21.5 Å². The van der Waals surface area contributed by atoms with Crippen LogP contribution in [-0.2, 0) is 12.8 Å². The van der Waals surface area contributed by atoms with Crippen LogP contribution in [0.2, 0.25) is 5.02 Å². The molecule has 5 heteroatoms. The molecule has 1 aromatic heterocycles. The van der Waals surface area contributed by atoms with Crippen LogP contribution in [0.25, 0.3) is 10.9 Å². The van der Waals surface area contributed by atoms with Gasteiger partial charge in [0.2, 0.25) is 0 Å². The van der Waals surface area contributed by atoms with Gasteiger partial charge in [0, 0.05) is 46.1 Å². The summed E-state index contributed by atoms with van der Waals surface area (Å²) in [4.78, 5) is 16.0. The number of carbonyl (C=O) groups is 1. The molecular formula is C19H16ClNO3. The smallest absolute Gasteiger partial charge is 0.169 e. The predicted octanol–water partition coefficient (Wildman–Crippen LogP) is 4.19. The van der Waals surface area contributed by atoms with E-state index in [0.717, 1.165) is 34.2 Å². The number of Topliss-reactive ketones (excluding diaryl/α,β-unsaturated/α-hetero) is 1. The van der Waals surface area contributed by atoms with Gasteiger partial charge in [0.15, 0.2) is 5.78 Å². The van der Waals surface area contributed by atoms with Crippen molar-refractivity contribution in [2.45, 2.75) is 12.8 Å². The number of fused-ring (bicyclic) bond motifs is 3. The normalized spacial score (nSPS) is 12.9. The molecule has 0 radical (unpaired) electrons. The summed E-state index contributed by atoms with van der Waals surface area (Å²) in [6.45, 7) is 0.693. The summed E-state index contributed by atoms with van der Waals surface area (Å²) < 4.78 is 10.9. The van der Waals surface area contributed by atoms with E-state index in [1.165, 1.54) is 0 Å². The largest absolute Gasteiger partial charge is 0.496 e. The minimum absolute atomic E-state index is 0.0423. The van der Waals surface area contributed by atoms with Gasteiger partial charge in [0.25, 0.3) is 0 Å². The second-order valence-electron chi connectivity index (χ2n) is 5.82. The molecule has 24 heavy (non-hydrogen) atoms. The fourth-order valence-corrected chi connectivity index (χ4v) is 3.41. The number of ether oxygens (including phenoxy) is 2. The third kappa shape index (κ3) is 2.43. The maximum absolute atomic E-state index is 12.8. The lowest BCUT2D eigenvalue weighted by atomic mass is 10.00. The average Bonchev–Trinajstić information content (AvgIpc) is 3.21. The number of carbonyl (C=O) groups excluding carboxylic acids is 1. The molecule has 2 aromatic carbocycles. The van der Waals surface area contributed by atoms with Gasteiger partial charge < -0.3 is 14.5 Å². The van der Waals surface area contributed by atoms with Crippen molar-refractivity contribution in [3.63, 3.8) is 0 Å². The van der Waals surface area contributed by atoms with Gasteiger partial charge in [0.05, 0.1) is 19.2 Å². The third-order valence-corrected chi connectivity index (χ3v) is 4.67. The van der Waals surface area contributed by atoms with Gasteiger partial charge in [-0.3, -0.25) is 4.79 Å². The van der Waals surface area contributed by atoms with Crippen molar-refractivity contribution < 1.29 is 14.3 Å². The van der Waals surface area contributed by atoms with Gasteiger partial charge in [-0.25, -0.2) is 0 Å². The number of halogens is 1. The SMILES string of the molecule is COc1cc(Cl)ccc1CC(=O)c1c[nH]c2c3c(ccc12)OCC3. The summed E-state index contributed by atoms with van der Waals surface area (Å²) in [7, 11) is 1.58. The van der Waals surface area contributed by atoms with E-state index in [2.05, 4.69) is 4.98 Å². The Morgan fingerprint density at radius 2 is 2.21 bits per heavy atom. The zero-order valence-electron chi connectivity index (χ0n) is 13.2. The number of nitrogens with one attached hydrogen (secondary N) is 1. The highest BCUT2D eigenvalue weighted by atomic mass is 35.5. The zero-order chi connectivity index (χ0) is 16.7. The minimum atomic E-state index is 0.0423. The quantitative estimate of drug-likeness (QED) is 0.724. The van der Waals surface area contributed by atoms with Crippen molar-refractivity contribution in [1.82, 2.24) is 4.98 Å². The van der Waals surface area contributed by atoms with Gasteiger partial charge in [-0.15, -0.1) is 0 Å². The van der Waals surface area contributed by atoms with Crippen LogP contribution < -0.4 is 9.47 Å². The minimum Gasteiger partial charge on any atom is -0.496 e. The van der Waals surface area contributed by atoms with E-state index in [9.17, 15) is 4.79 Å². The fraction of sp³-hybridized carbons (Fsp3) is 0.211. The summed E-state index contributed by atoms with van der Waals surface area (Å²) in [5.41, 5.74) is 3.66. The molecule has 3 aromatic rings. The Hall–Kier alpha value is -2.46. The third-order valence-electron chi connectivity index (χ3n) is 4.43. The molecule has 4 nitrogen and oxygen atoms in total. The number of rotatable bonds is 4. The fourth-order valence-electron chi connectivity index (χ4n) is 3.25. The Labute approximate surface area is 144 Å². The number of benzene rings is 2. The topological polar surface area (TPSA) is 51.3 Å². The molecule has 1 N–H and O–H groups in total. The number of aromatic nitrogens is 1. The molecule has 0 unspecified atom stereocenters. The van der Waals surface area contributed by atoms with E-state index in [4.69, 9.17) is 21.1 Å². The van der Waals surface area contributed by atoms with E-state index in [0.29, 0.717) is 22.9 Å². The highest BCUT2D eigenvalue weighted by Gasteiger charge is 2.20. The van der Waals surface area contributed by atoms with E-state index in [1.807, 2.05) is 18.2 Å². The molecule has 0 spiro atoms. The number of H-pyrrole nitrogens is 1. The van der Waals surface area contributed by atoms with E-state index < -0.39 is 0 Å². The molecule has 1 aliphatic heterocycles. The molecule has 4 rings (SSSR count). The number of methoxy groups -OCH3 is 1. The lowest BCUT2D eigenvalue weighted by Gasteiger charge is -2.08. The molecule has 0 amide bonds. The molecule has 0 aliphatic carbocycles. The van der Waals surface area contributed by atoms with Crippen LogP contribution in [0.5, 0.6) is 11.5 Å². The lowest BCUT2D eigenvalue weighted by molar-refractivity contribution is 0.0993. The van der Waals surface area contributed by atoms with Crippen LogP contribution >= 0.6 is 11.6 Å². The Morgan fingerprint density at radius 1 is 1.33 bits per heavy atom. The highest BCUT2D eigenvalue weighted by molar-refractivity contribution is 6.30. The zero-order valence-corrected chi connectivity index (χ0v) is 13.9. The summed E-state index contributed by atoms with van der Waals surface area (Å²) in [6, 6.07) is 9.22. The molecule has 122 valence electrons. The standard InChI is InChI=1S/C19H16ClNO3/c1-23-18-9-12(20)3-2-11(18)8-16(22)15-10-21-19-13(15)4-5-17-14(19)6-7-24-17/h2-5,9-10,21H,6-8H2,1H3. The molecule has 0 bridgehead atoms. The summed E-state index contributed by atoms with van der Waals surface area (Å²) in [5.74, 6) is 1.58. The van der Waals surface area contributed by atoms with E-state index in [-0.39, 0.29) is 12.2 Å². The van der Waals surface area contributed by atoms with E-state index in [1.54, 1.807) is 25.4 Å². The first-order chi connectivity index (χ1) is 11.7. The van der Waals surface area contributed by atoms with Crippen LogP contribution in [-0.4, -0.2) is 24.5 Å². The molecule has 0 atom stereocenters. The first kappa shape index (κ1) is 15.1. The van der Waals surface area contributed by atoms with Crippen molar-refractivity contribution in [2.24, 2.45) is 0 Å². The maximum atomic E-state index is 12.8. The molecule has 0 saturated heterocycles. The number of ketones is 1. The maximum Gasteiger partial charge on any atom is 0.169 e. The molecule has 0 fully saturated rings. The van der Waals surface area contributed by atoms with Gasteiger partial charge in [0.1, 0.15) is 11.5 Å². The predicted molar refractivity (Wildman–Crippen MR) is 93.5 cm³/mol. The molecule has 2 heterocycles. The van der Waals surface area contributed by atoms with Crippen LogP contribution in [0.15, 0.2) is 36.5 Å². The first-order valence-electron chi connectivity index (χ1n) is 7.79. The molecule has 1 aliphatic rings. The van der Waals surface area contributed by atoms with Crippen molar-refractivity contribution in [2.75, 3.05) is 13.7 Å². The Balaban J connectivity index is 1.70. The van der Waals surface area contributed by atoms with Crippen molar-refractivity contribution in [3.05, 3.63) is 58.2 Å².